The number of carbonyl (C=O) groups excluding carboxylic acids is 2. The van der Waals surface area contributed by atoms with Gasteiger partial charge >= 0.3 is 0 Å². The Morgan fingerprint density at radius 2 is 1.58 bits per heavy atom. The van der Waals surface area contributed by atoms with Crippen LogP contribution in [0.3, 0.4) is 0 Å². The summed E-state index contributed by atoms with van der Waals surface area (Å²) >= 11 is 0. The van der Waals surface area contributed by atoms with E-state index in [0.717, 1.165) is 16.8 Å². The van der Waals surface area contributed by atoms with Gasteiger partial charge in [-0.1, -0.05) is 49.2 Å². The fraction of sp³-hybridized carbons (Fsp3) is 0.300. The Morgan fingerprint density at radius 3 is 2.17 bits per heavy atom. The van der Waals surface area contributed by atoms with Crippen molar-refractivity contribution in [3.63, 3.8) is 0 Å². The first-order valence-corrected chi connectivity index (χ1v) is 8.12. The highest BCUT2D eigenvalue weighted by molar-refractivity contribution is 6.01. The minimum absolute atomic E-state index is 0.0239. The van der Waals surface area contributed by atoms with Crippen molar-refractivity contribution in [3.05, 3.63) is 65.2 Å². The lowest BCUT2D eigenvalue weighted by molar-refractivity contribution is -0.118. The fourth-order valence-corrected chi connectivity index (χ4v) is 2.40. The predicted octanol–water partition coefficient (Wildman–Crippen LogP) is 3.70. The van der Waals surface area contributed by atoms with Gasteiger partial charge in [0.25, 0.3) is 5.91 Å². The molecule has 0 saturated heterocycles. The van der Waals surface area contributed by atoms with Gasteiger partial charge in [0.2, 0.25) is 5.91 Å². The molecule has 0 bridgehead atoms. The van der Waals surface area contributed by atoms with E-state index in [0.29, 0.717) is 5.56 Å². The molecule has 2 aromatic carbocycles. The molecule has 2 amide bonds. The molecule has 126 valence electrons. The molecule has 0 aromatic heterocycles. The second kappa shape index (κ2) is 7.77. The quantitative estimate of drug-likeness (QED) is 0.881. The van der Waals surface area contributed by atoms with Gasteiger partial charge < -0.3 is 10.6 Å². The zero-order valence-corrected chi connectivity index (χ0v) is 14.6. The summed E-state index contributed by atoms with van der Waals surface area (Å²) in [5, 5.41) is 5.71. The Labute approximate surface area is 143 Å². The average Bonchev–Trinajstić information content (AvgIpc) is 2.54. The van der Waals surface area contributed by atoms with Gasteiger partial charge in [0, 0.05) is 11.3 Å². The van der Waals surface area contributed by atoms with Crippen LogP contribution in [0.5, 0.6) is 0 Å². The third-order valence-electron chi connectivity index (χ3n) is 3.84. The molecule has 1 unspecified atom stereocenters. The number of hydrogen-bond acceptors (Lipinski definition) is 2. The summed E-state index contributed by atoms with van der Waals surface area (Å²) in [6, 6.07) is 14.3. The molecule has 0 heterocycles. The first-order chi connectivity index (χ1) is 11.4. The number of nitrogens with one attached hydrogen (secondary N) is 2. The van der Waals surface area contributed by atoms with Crippen molar-refractivity contribution in [2.75, 3.05) is 5.32 Å². The fourth-order valence-electron chi connectivity index (χ4n) is 2.40. The van der Waals surface area contributed by atoms with E-state index in [1.165, 1.54) is 0 Å². The molecule has 4 nitrogen and oxygen atoms in total. The zero-order valence-electron chi connectivity index (χ0n) is 14.6. The van der Waals surface area contributed by atoms with Gasteiger partial charge in [0.15, 0.2) is 0 Å². The van der Waals surface area contributed by atoms with Gasteiger partial charge in [-0.2, -0.15) is 0 Å². The summed E-state index contributed by atoms with van der Waals surface area (Å²) in [5.74, 6) is -0.476. The van der Waals surface area contributed by atoms with Gasteiger partial charge in [-0.15, -0.1) is 0 Å². The predicted molar refractivity (Wildman–Crippen MR) is 97.1 cm³/mol. The second-order valence-corrected chi connectivity index (χ2v) is 6.42. The number of anilines is 1. The van der Waals surface area contributed by atoms with Crippen molar-refractivity contribution in [1.82, 2.24) is 5.32 Å². The third-order valence-corrected chi connectivity index (χ3v) is 3.84. The van der Waals surface area contributed by atoms with Crippen LogP contribution in [-0.4, -0.2) is 17.9 Å². The number of benzene rings is 2. The van der Waals surface area contributed by atoms with Crippen LogP contribution in [0.1, 0.15) is 35.3 Å². The normalized spacial score (nSPS) is 11.9. The standard InChI is InChI=1S/C20H24N2O2/c1-13(2)18(20(24)21-17-10-8-14(3)9-11-17)22-19(23)16-7-5-6-15(4)12-16/h5-13,18H,1-4H3,(H,21,24)(H,22,23). The SMILES string of the molecule is Cc1ccc(NC(=O)C(NC(=O)c2cccc(C)c2)C(C)C)cc1. The molecular formula is C20H24N2O2. The Morgan fingerprint density at radius 1 is 0.917 bits per heavy atom. The summed E-state index contributed by atoms with van der Waals surface area (Å²) < 4.78 is 0. The Hall–Kier alpha value is -2.62. The molecule has 0 aliphatic heterocycles. The first-order valence-electron chi connectivity index (χ1n) is 8.12. The van der Waals surface area contributed by atoms with Gasteiger partial charge in [0.05, 0.1) is 0 Å². The van der Waals surface area contributed by atoms with Gasteiger partial charge in [-0.25, -0.2) is 0 Å². The lowest BCUT2D eigenvalue weighted by Crippen LogP contribution is -2.47. The minimum Gasteiger partial charge on any atom is -0.340 e. The molecule has 0 fully saturated rings. The summed E-state index contributed by atoms with van der Waals surface area (Å²) in [7, 11) is 0. The molecule has 0 aliphatic rings. The van der Waals surface area contributed by atoms with Gasteiger partial charge in [-0.3, -0.25) is 9.59 Å². The van der Waals surface area contributed by atoms with E-state index >= 15 is 0 Å². The summed E-state index contributed by atoms with van der Waals surface area (Å²) in [4.78, 5) is 25.0. The number of hydrogen-bond donors (Lipinski definition) is 2. The van der Waals surface area contributed by atoms with Gasteiger partial charge in [0.1, 0.15) is 6.04 Å². The van der Waals surface area contributed by atoms with Crippen LogP contribution in [0.25, 0.3) is 0 Å². The second-order valence-electron chi connectivity index (χ2n) is 6.42. The first kappa shape index (κ1) is 17.7. The van der Waals surface area contributed by atoms with Crippen LogP contribution in [0.2, 0.25) is 0 Å². The van der Waals surface area contributed by atoms with Crippen LogP contribution in [0.4, 0.5) is 5.69 Å². The number of carbonyl (C=O) groups is 2. The van der Waals surface area contributed by atoms with Crippen molar-refractivity contribution < 1.29 is 9.59 Å². The van der Waals surface area contributed by atoms with Crippen molar-refractivity contribution in [2.24, 2.45) is 5.92 Å². The van der Waals surface area contributed by atoms with E-state index in [-0.39, 0.29) is 17.7 Å². The van der Waals surface area contributed by atoms with Crippen LogP contribution < -0.4 is 10.6 Å². The topological polar surface area (TPSA) is 58.2 Å². The van der Waals surface area contributed by atoms with Crippen molar-refractivity contribution >= 4 is 17.5 Å². The van der Waals surface area contributed by atoms with Crippen LogP contribution >= 0.6 is 0 Å². The summed E-state index contributed by atoms with van der Waals surface area (Å²) in [6.45, 7) is 7.75. The number of amides is 2. The molecule has 0 spiro atoms. The molecule has 2 N–H and O–H groups in total. The van der Waals surface area contributed by atoms with E-state index < -0.39 is 6.04 Å². The summed E-state index contributed by atoms with van der Waals surface area (Å²) in [5.41, 5.74) is 3.42. The highest BCUT2D eigenvalue weighted by Gasteiger charge is 2.24. The Kier molecular flexibility index (Phi) is 5.74. The van der Waals surface area contributed by atoms with Crippen molar-refractivity contribution in [1.29, 1.82) is 0 Å². The smallest absolute Gasteiger partial charge is 0.251 e. The molecule has 2 rings (SSSR count). The maximum Gasteiger partial charge on any atom is 0.251 e. The number of aryl methyl sites for hydroxylation is 2. The summed E-state index contributed by atoms with van der Waals surface area (Å²) in [6.07, 6.45) is 0. The largest absolute Gasteiger partial charge is 0.340 e. The molecule has 2 aromatic rings. The zero-order chi connectivity index (χ0) is 17.7. The van der Waals surface area contributed by atoms with E-state index in [4.69, 9.17) is 0 Å². The van der Waals surface area contributed by atoms with Crippen LogP contribution in [-0.2, 0) is 4.79 Å². The maximum absolute atomic E-state index is 12.5. The van der Waals surface area contributed by atoms with Crippen molar-refractivity contribution in [2.45, 2.75) is 33.7 Å². The molecule has 0 aliphatic carbocycles. The molecule has 24 heavy (non-hydrogen) atoms. The molecule has 1 atom stereocenters. The average molecular weight is 324 g/mol. The maximum atomic E-state index is 12.5. The molecule has 4 heteroatoms. The van der Waals surface area contributed by atoms with E-state index in [1.54, 1.807) is 6.07 Å². The monoisotopic (exact) mass is 324 g/mol. The van der Waals surface area contributed by atoms with E-state index in [1.807, 2.05) is 70.2 Å². The molecular weight excluding hydrogens is 300 g/mol. The highest BCUT2D eigenvalue weighted by Crippen LogP contribution is 2.12. The minimum atomic E-state index is -0.598. The third kappa shape index (κ3) is 4.69. The molecule has 0 saturated carbocycles. The van der Waals surface area contributed by atoms with Crippen LogP contribution in [0, 0.1) is 19.8 Å². The number of rotatable bonds is 5. The van der Waals surface area contributed by atoms with Crippen molar-refractivity contribution in [3.8, 4) is 0 Å². The van der Waals surface area contributed by atoms with Gasteiger partial charge in [-0.05, 0) is 44.0 Å². The van der Waals surface area contributed by atoms with E-state index in [9.17, 15) is 9.59 Å². The van der Waals surface area contributed by atoms with Crippen LogP contribution in [0.15, 0.2) is 48.5 Å². The highest BCUT2D eigenvalue weighted by atomic mass is 16.2. The Bertz CT molecular complexity index is 721. The lowest BCUT2D eigenvalue weighted by Gasteiger charge is -2.22. The molecule has 0 radical (unpaired) electrons. The lowest BCUT2D eigenvalue weighted by atomic mass is 10.0. The Balaban J connectivity index is 2.09. The van der Waals surface area contributed by atoms with E-state index in [2.05, 4.69) is 10.6 Å².